The molecule has 2 heterocycles. The monoisotopic (exact) mass is 541 g/mol. The Balaban J connectivity index is 1.56. The number of H-pyrrole nitrogens is 1. The zero-order valence-electron chi connectivity index (χ0n) is 20.3. The third-order valence-electron chi connectivity index (χ3n) is 5.97. The van der Waals surface area contributed by atoms with Gasteiger partial charge in [0.05, 0.1) is 14.9 Å². The van der Waals surface area contributed by atoms with Crippen molar-refractivity contribution in [2.45, 2.75) is 26.8 Å². The first-order chi connectivity index (χ1) is 17.3. The van der Waals surface area contributed by atoms with E-state index >= 15 is 0 Å². The normalized spacial score (nSPS) is 11.2. The van der Waals surface area contributed by atoms with E-state index in [1.165, 1.54) is 11.3 Å². The fourth-order valence-corrected chi connectivity index (χ4v) is 5.24. The van der Waals surface area contributed by atoms with Crippen LogP contribution >= 0.6 is 34.5 Å². The molecule has 2 aromatic heterocycles. The number of fused-ring (bicyclic) bond motifs is 1. The number of hydrogen-bond donors (Lipinski definition) is 1. The maximum absolute atomic E-state index is 13.7. The Hall–Kier alpha value is -2.80. The number of nitrogens with one attached hydrogen (secondary N) is 1. The van der Waals surface area contributed by atoms with E-state index in [1.807, 2.05) is 55.8 Å². The Bertz CT molecular complexity index is 1330. The highest BCUT2D eigenvalue weighted by Gasteiger charge is 2.24. The van der Waals surface area contributed by atoms with Gasteiger partial charge in [-0.2, -0.15) is 0 Å². The lowest BCUT2D eigenvalue weighted by molar-refractivity contribution is -0.132. The number of aromatic amines is 1. The number of para-hydroxylation sites is 1. The first-order valence-corrected chi connectivity index (χ1v) is 13.5. The fraction of sp³-hybridized carbons (Fsp3) is 0.286. The Morgan fingerprint density at radius 3 is 2.53 bits per heavy atom. The number of aromatic nitrogens is 1. The zero-order chi connectivity index (χ0) is 25.7. The van der Waals surface area contributed by atoms with Crippen molar-refractivity contribution in [2.75, 3.05) is 19.6 Å². The lowest BCUT2D eigenvalue weighted by atomic mass is 10.1. The largest absolute Gasteiger partial charge is 0.361 e. The molecule has 0 saturated carbocycles. The predicted octanol–water partition coefficient (Wildman–Crippen LogP) is 6.91. The molecule has 0 aliphatic carbocycles. The molecule has 0 radical (unpaired) electrons. The lowest BCUT2D eigenvalue weighted by Gasteiger charge is -2.29. The summed E-state index contributed by atoms with van der Waals surface area (Å²) < 4.78 is 0. The van der Waals surface area contributed by atoms with Gasteiger partial charge in [-0.3, -0.25) is 9.59 Å². The van der Waals surface area contributed by atoms with E-state index in [0.717, 1.165) is 22.0 Å². The van der Waals surface area contributed by atoms with Gasteiger partial charge < -0.3 is 14.8 Å². The molecule has 4 aromatic rings. The second kappa shape index (κ2) is 12.0. The number of halogens is 2. The van der Waals surface area contributed by atoms with Crippen LogP contribution in [0.15, 0.2) is 66.2 Å². The quantitative estimate of drug-likeness (QED) is 0.237. The summed E-state index contributed by atoms with van der Waals surface area (Å²) >= 11 is 13.7. The molecule has 0 aliphatic heterocycles. The minimum absolute atomic E-state index is 0.0180. The summed E-state index contributed by atoms with van der Waals surface area (Å²) in [7, 11) is 0. The zero-order valence-corrected chi connectivity index (χ0v) is 22.7. The Morgan fingerprint density at radius 1 is 1.00 bits per heavy atom. The second-order valence-corrected chi connectivity index (χ2v) is 11.0. The van der Waals surface area contributed by atoms with Gasteiger partial charge in [-0.05, 0) is 53.1 Å². The van der Waals surface area contributed by atoms with Gasteiger partial charge in [0, 0.05) is 36.7 Å². The molecular weight excluding hydrogens is 513 g/mol. The van der Waals surface area contributed by atoms with Crippen molar-refractivity contribution < 1.29 is 9.59 Å². The maximum Gasteiger partial charge on any atom is 0.264 e. The van der Waals surface area contributed by atoms with Crippen molar-refractivity contribution in [1.82, 2.24) is 14.8 Å². The van der Waals surface area contributed by atoms with Crippen molar-refractivity contribution in [3.05, 3.63) is 92.2 Å². The predicted molar refractivity (Wildman–Crippen MR) is 149 cm³/mol. The van der Waals surface area contributed by atoms with Crippen molar-refractivity contribution in [3.63, 3.8) is 0 Å². The summed E-state index contributed by atoms with van der Waals surface area (Å²) in [6.45, 7) is 5.49. The second-order valence-electron chi connectivity index (χ2n) is 9.23. The number of thiophene rings is 1. The van der Waals surface area contributed by atoms with Crippen LogP contribution in [-0.2, 0) is 17.8 Å². The number of rotatable bonds is 10. The van der Waals surface area contributed by atoms with E-state index in [2.05, 4.69) is 11.1 Å². The summed E-state index contributed by atoms with van der Waals surface area (Å²) in [4.78, 5) is 34.2. The molecule has 5 nitrogen and oxygen atoms in total. The molecule has 2 aromatic carbocycles. The van der Waals surface area contributed by atoms with Gasteiger partial charge in [0.15, 0.2) is 0 Å². The van der Waals surface area contributed by atoms with E-state index in [4.69, 9.17) is 23.2 Å². The molecule has 0 aliphatic rings. The summed E-state index contributed by atoms with van der Waals surface area (Å²) in [5.74, 6) is 0.0149. The van der Waals surface area contributed by atoms with Crippen molar-refractivity contribution in [2.24, 2.45) is 5.92 Å². The molecular formula is C28H29Cl2N3O2S. The third-order valence-corrected chi connectivity index (χ3v) is 7.56. The lowest BCUT2D eigenvalue weighted by Crippen LogP contribution is -2.44. The van der Waals surface area contributed by atoms with E-state index in [-0.39, 0.29) is 24.3 Å². The van der Waals surface area contributed by atoms with Crippen molar-refractivity contribution in [1.29, 1.82) is 0 Å². The average molecular weight is 543 g/mol. The van der Waals surface area contributed by atoms with Crippen LogP contribution in [0.3, 0.4) is 0 Å². The number of carbonyl (C=O) groups excluding carboxylic acids is 2. The van der Waals surface area contributed by atoms with E-state index in [1.54, 1.807) is 28.0 Å². The molecule has 1 N–H and O–H groups in total. The van der Waals surface area contributed by atoms with E-state index in [9.17, 15) is 9.59 Å². The summed E-state index contributed by atoms with van der Waals surface area (Å²) in [5.41, 5.74) is 3.10. The summed E-state index contributed by atoms with van der Waals surface area (Å²) in [6.07, 6.45) is 2.68. The SMILES string of the molecule is CC(C)CN(CC(=O)N(CCc1c[nH]c2ccccc12)Cc1ccc(Cl)c(Cl)c1)C(=O)c1cccs1. The Morgan fingerprint density at radius 2 is 1.81 bits per heavy atom. The maximum atomic E-state index is 13.7. The van der Waals surface area contributed by atoms with E-state index < -0.39 is 0 Å². The Kier molecular flexibility index (Phi) is 8.72. The molecule has 0 atom stereocenters. The average Bonchev–Trinajstić information content (AvgIpc) is 3.53. The third kappa shape index (κ3) is 6.49. The van der Waals surface area contributed by atoms with Crippen LogP contribution in [0.2, 0.25) is 10.0 Å². The number of carbonyl (C=O) groups is 2. The summed E-state index contributed by atoms with van der Waals surface area (Å²) in [6, 6.07) is 17.2. The van der Waals surface area contributed by atoms with Gasteiger partial charge in [0.25, 0.3) is 5.91 Å². The number of amides is 2. The molecule has 0 saturated heterocycles. The van der Waals surface area contributed by atoms with Crippen LogP contribution < -0.4 is 0 Å². The van der Waals surface area contributed by atoms with Gasteiger partial charge in [-0.25, -0.2) is 0 Å². The first-order valence-electron chi connectivity index (χ1n) is 11.9. The first kappa shape index (κ1) is 26.3. The van der Waals surface area contributed by atoms with Gasteiger partial charge in [-0.1, -0.05) is 67.4 Å². The highest BCUT2D eigenvalue weighted by molar-refractivity contribution is 7.12. The van der Waals surface area contributed by atoms with Crippen LogP contribution in [0.4, 0.5) is 0 Å². The topological polar surface area (TPSA) is 56.4 Å². The molecule has 0 bridgehead atoms. The minimum Gasteiger partial charge on any atom is -0.361 e. The smallest absolute Gasteiger partial charge is 0.264 e. The van der Waals surface area contributed by atoms with Gasteiger partial charge in [0.2, 0.25) is 5.91 Å². The standard InChI is InChI=1S/C28H29Cl2N3O2S/c1-19(2)16-33(28(35)26-8-5-13-36-26)18-27(34)32(17-20-9-10-23(29)24(30)14-20)12-11-21-15-31-25-7-4-3-6-22(21)25/h3-10,13-15,19,31H,11-12,16-18H2,1-2H3. The summed E-state index contributed by atoms with van der Waals surface area (Å²) in [5, 5.41) is 3.95. The minimum atomic E-state index is -0.113. The van der Waals surface area contributed by atoms with Crippen molar-refractivity contribution in [3.8, 4) is 0 Å². The van der Waals surface area contributed by atoms with Crippen LogP contribution in [0, 0.1) is 5.92 Å². The Labute approximate surface area is 225 Å². The molecule has 0 spiro atoms. The van der Waals surface area contributed by atoms with Crippen molar-refractivity contribution >= 4 is 57.3 Å². The van der Waals surface area contributed by atoms with Gasteiger partial charge in [0.1, 0.15) is 6.54 Å². The highest BCUT2D eigenvalue weighted by Crippen LogP contribution is 2.24. The molecule has 0 unspecified atom stereocenters. The van der Waals surface area contributed by atoms with Crippen LogP contribution in [-0.4, -0.2) is 46.2 Å². The van der Waals surface area contributed by atoms with E-state index in [0.29, 0.717) is 41.0 Å². The van der Waals surface area contributed by atoms with Gasteiger partial charge >= 0.3 is 0 Å². The molecule has 188 valence electrons. The molecule has 2 amide bonds. The van der Waals surface area contributed by atoms with Crippen LogP contribution in [0.5, 0.6) is 0 Å². The fourth-order valence-electron chi connectivity index (χ4n) is 4.22. The van der Waals surface area contributed by atoms with Crippen LogP contribution in [0.25, 0.3) is 10.9 Å². The molecule has 8 heteroatoms. The molecule has 4 rings (SSSR count). The number of hydrogen-bond acceptors (Lipinski definition) is 3. The van der Waals surface area contributed by atoms with Crippen LogP contribution in [0.1, 0.15) is 34.6 Å². The number of nitrogens with zero attached hydrogens (tertiary/aromatic N) is 2. The molecule has 36 heavy (non-hydrogen) atoms. The van der Waals surface area contributed by atoms with Gasteiger partial charge in [-0.15, -0.1) is 11.3 Å². The highest BCUT2D eigenvalue weighted by atomic mass is 35.5. The number of benzene rings is 2. The molecule has 0 fully saturated rings.